The highest BCUT2D eigenvalue weighted by atomic mass is 16.2. The Morgan fingerprint density at radius 3 is 2.83 bits per heavy atom. The number of hydrogen-bond donors (Lipinski definition) is 1. The molecule has 2 aliphatic rings. The van der Waals surface area contributed by atoms with Gasteiger partial charge in [-0.15, -0.1) is 0 Å². The van der Waals surface area contributed by atoms with Crippen molar-refractivity contribution in [2.75, 3.05) is 13.6 Å². The Balaban J connectivity index is 1.77. The lowest BCUT2D eigenvalue weighted by molar-refractivity contribution is -0.128. The van der Waals surface area contributed by atoms with E-state index in [0.29, 0.717) is 6.04 Å². The second kappa shape index (κ2) is 4.39. The van der Waals surface area contributed by atoms with Gasteiger partial charge in [0, 0.05) is 19.6 Å². The molecule has 1 aliphatic heterocycles. The zero-order valence-electron chi connectivity index (χ0n) is 11.1. The van der Waals surface area contributed by atoms with Crippen LogP contribution in [0.1, 0.15) is 35.6 Å². The summed E-state index contributed by atoms with van der Waals surface area (Å²) < 4.78 is 0. The molecule has 1 fully saturated rings. The molecule has 1 heterocycles. The van der Waals surface area contributed by atoms with Crippen LogP contribution in [0, 0.1) is 6.92 Å². The van der Waals surface area contributed by atoms with Crippen LogP contribution in [0.25, 0.3) is 0 Å². The topological polar surface area (TPSA) is 32.3 Å². The lowest BCUT2D eigenvalue weighted by Gasteiger charge is -2.19. The van der Waals surface area contributed by atoms with Gasteiger partial charge in [-0.2, -0.15) is 0 Å². The molecule has 1 aromatic carbocycles. The lowest BCUT2D eigenvalue weighted by atomic mass is 10.0. The Morgan fingerprint density at radius 1 is 1.28 bits per heavy atom. The smallest absolute Gasteiger partial charge is 0.239 e. The summed E-state index contributed by atoms with van der Waals surface area (Å²) in [7, 11) is 1.89. The van der Waals surface area contributed by atoms with Gasteiger partial charge in [0.05, 0.1) is 6.04 Å². The molecule has 96 valence electrons. The van der Waals surface area contributed by atoms with E-state index in [-0.39, 0.29) is 11.9 Å². The van der Waals surface area contributed by atoms with Crippen LogP contribution in [0.15, 0.2) is 18.2 Å². The number of amides is 1. The predicted octanol–water partition coefficient (Wildman–Crippen LogP) is 1.80. The molecule has 3 rings (SSSR count). The normalized spacial score (nSPS) is 26.8. The van der Waals surface area contributed by atoms with Gasteiger partial charge in [-0.1, -0.05) is 23.8 Å². The van der Waals surface area contributed by atoms with Crippen molar-refractivity contribution < 1.29 is 4.79 Å². The van der Waals surface area contributed by atoms with Crippen molar-refractivity contribution in [3.05, 3.63) is 34.9 Å². The van der Waals surface area contributed by atoms with Crippen molar-refractivity contribution in [3.8, 4) is 0 Å². The summed E-state index contributed by atoms with van der Waals surface area (Å²) in [6.07, 6.45) is 3.18. The molecule has 2 unspecified atom stereocenters. The number of likely N-dealkylation sites (tertiary alicyclic amines) is 1. The number of rotatable bonds is 2. The third kappa shape index (κ3) is 1.93. The van der Waals surface area contributed by atoms with Gasteiger partial charge in [-0.3, -0.25) is 10.1 Å². The third-order valence-corrected chi connectivity index (χ3v) is 4.21. The number of carbonyl (C=O) groups is 1. The van der Waals surface area contributed by atoms with Crippen molar-refractivity contribution in [1.82, 2.24) is 10.2 Å². The zero-order valence-corrected chi connectivity index (χ0v) is 11.1. The average Bonchev–Trinajstić information content (AvgIpc) is 2.88. The summed E-state index contributed by atoms with van der Waals surface area (Å²) >= 11 is 0. The molecule has 1 aromatic rings. The van der Waals surface area contributed by atoms with Gasteiger partial charge in [0.15, 0.2) is 0 Å². The van der Waals surface area contributed by atoms with Crippen molar-refractivity contribution in [2.45, 2.75) is 38.3 Å². The molecule has 18 heavy (non-hydrogen) atoms. The summed E-state index contributed by atoms with van der Waals surface area (Å²) in [6, 6.07) is 7.06. The minimum absolute atomic E-state index is 0.0199. The van der Waals surface area contributed by atoms with Crippen molar-refractivity contribution in [3.63, 3.8) is 0 Å². The van der Waals surface area contributed by atoms with E-state index in [9.17, 15) is 4.79 Å². The maximum absolute atomic E-state index is 11.9. The molecule has 0 bridgehead atoms. The molecule has 1 N–H and O–H groups in total. The SMILES string of the molecule is Cc1ccc2c(c1)C(NC1CCN(C)C1=O)CC2. The Morgan fingerprint density at radius 2 is 2.11 bits per heavy atom. The first-order chi connectivity index (χ1) is 8.65. The Labute approximate surface area is 108 Å². The van der Waals surface area contributed by atoms with E-state index in [1.165, 1.54) is 16.7 Å². The molecule has 1 saturated heterocycles. The van der Waals surface area contributed by atoms with Crippen LogP contribution >= 0.6 is 0 Å². The number of nitrogens with zero attached hydrogens (tertiary/aromatic N) is 1. The fourth-order valence-corrected chi connectivity index (χ4v) is 3.11. The van der Waals surface area contributed by atoms with Gasteiger partial charge in [0.2, 0.25) is 5.91 Å². The summed E-state index contributed by atoms with van der Waals surface area (Å²) in [6.45, 7) is 3.01. The number of likely N-dealkylation sites (N-methyl/N-ethyl adjacent to an activating group) is 1. The molecule has 0 spiro atoms. The minimum atomic E-state index is 0.0199. The van der Waals surface area contributed by atoms with Crippen LogP contribution in [-0.2, 0) is 11.2 Å². The average molecular weight is 244 g/mol. The van der Waals surface area contributed by atoms with Crippen LogP contribution < -0.4 is 5.32 Å². The lowest BCUT2D eigenvalue weighted by Crippen LogP contribution is -2.38. The summed E-state index contributed by atoms with van der Waals surface area (Å²) in [4.78, 5) is 13.8. The van der Waals surface area contributed by atoms with Crippen LogP contribution in [0.3, 0.4) is 0 Å². The molecule has 2 atom stereocenters. The fraction of sp³-hybridized carbons (Fsp3) is 0.533. The standard InChI is InChI=1S/C15H20N2O/c1-10-3-4-11-5-6-13(12(11)9-10)16-14-7-8-17(2)15(14)18/h3-4,9,13-14,16H,5-8H2,1-2H3. The van der Waals surface area contributed by atoms with Gasteiger partial charge in [-0.25, -0.2) is 0 Å². The monoisotopic (exact) mass is 244 g/mol. The molecule has 1 aliphatic carbocycles. The number of hydrogen-bond acceptors (Lipinski definition) is 2. The van der Waals surface area contributed by atoms with Gasteiger partial charge in [0.1, 0.15) is 0 Å². The maximum Gasteiger partial charge on any atom is 0.239 e. The first-order valence-corrected chi connectivity index (χ1v) is 6.75. The highest BCUT2D eigenvalue weighted by molar-refractivity contribution is 5.83. The van der Waals surface area contributed by atoms with E-state index in [2.05, 4.69) is 30.4 Å². The highest BCUT2D eigenvalue weighted by Gasteiger charge is 2.32. The zero-order chi connectivity index (χ0) is 12.7. The van der Waals surface area contributed by atoms with E-state index in [1.807, 2.05) is 11.9 Å². The number of benzene rings is 1. The van der Waals surface area contributed by atoms with Crippen LogP contribution in [-0.4, -0.2) is 30.4 Å². The Bertz CT molecular complexity index is 483. The van der Waals surface area contributed by atoms with E-state index in [0.717, 1.165) is 25.8 Å². The highest BCUT2D eigenvalue weighted by Crippen LogP contribution is 2.32. The first-order valence-electron chi connectivity index (χ1n) is 6.75. The molecule has 0 saturated carbocycles. The van der Waals surface area contributed by atoms with Crippen LogP contribution in [0.2, 0.25) is 0 Å². The Hall–Kier alpha value is -1.35. The fourth-order valence-electron chi connectivity index (χ4n) is 3.11. The van der Waals surface area contributed by atoms with E-state index in [4.69, 9.17) is 0 Å². The van der Waals surface area contributed by atoms with Crippen molar-refractivity contribution >= 4 is 5.91 Å². The van der Waals surface area contributed by atoms with Crippen molar-refractivity contribution in [2.24, 2.45) is 0 Å². The van der Waals surface area contributed by atoms with Crippen LogP contribution in [0.4, 0.5) is 0 Å². The number of fused-ring (bicyclic) bond motifs is 1. The molecule has 3 heteroatoms. The van der Waals surface area contributed by atoms with E-state index >= 15 is 0 Å². The van der Waals surface area contributed by atoms with Gasteiger partial charge in [-0.05, 0) is 37.3 Å². The molecule has 0 radical (unpaired) electrons. The van der Waals surface area contributed by atoms with Crippen molar-refractivity contribution in [1.29, 1.82) is 0 Å². The van der Waals surface area contributed by atoms with Crippen LogP contribution in [0.5, 0.6) is 0 Å². The summed E-state index contributed by atoms with van der Waals surface area (Å²) in [5.74, 6) is 0.246. The molecule has 0 aromatic heterocycles. The molecular weight excluding hydrogens is 224 g/mol. The number of aryl methyl sites for hydroxylation is 2. The molecular formula is C15H20N2O. The van der Waals surface area contributed by atoms with E-state index < -0.39 is 0 Å². The summed E-state index contributed by atoms with van der Waals surface area (Å²) in [5, 5.41) is 3.55. The Kier molecular flexibility index (Phi) is 2.86. The largest absolute Gasteiger partial charge is 0.344 e. The van der Waals surface area contributed by atoms with E-state index in [1.54, 1.807) is 0 Å². The second-order valence-corrected chi connectivity index (χ2v) is 5.56. The van der Waals surface area contributed by atoms with Gasteiger partial charge in [0.25, 0.3) is 0 Å². The molecule has 3 nitrogen and oxygen atoms in total. The maximum atomic E-state index is 11.9. The number of carbonyl (C=O) groups excluding carboxylic acids is 1. The van der Waals surface area contributed by atoms with Gasteiger partial charge < -0.3 is 4.90 Å². The predicted molar refractivity (Wildman–Crippen MR) is 71.4 cm³/mol. The van der Waals surface area contributed by atoms with Gasteiger partial charge >= 0.3 is 0 Å². The first kappa shape index (κ1) is 11.7. The third-order valence-electron chi connectivity index (χ3n) is 4.21. The number of nitrogens with one attached hydrogen (secondary N) is 1. The quantitative estimate of drug-likeness (QED) is 0.860. The minimum Gasteiger partial charge on any atom is -0.344 e. The molecule has 1 amide bonds. The summed E-state index contributed by atoms with van der Waals surface area (Å²) in [5.41, 5.74) is 4.14. The second-order valence-electron chi connectivity index (χ2n) is 5.56.